The summed E-state index contributed by atoms with van der Waals surface area (Å²) < 4.78 is 42.0. The van der Waals surface area contributed by atoms with E-state index in [0.29, 0.717) is 22.6 Å². The number of carbonyl (C=O) groups excluding carboxylic acids is 1. The van der Waals surface area contributed by atoms with Crippen molar-refractivity contribution in [2.24, 2.45) is 0 Å². The minimum Gasteiger partial charge on any atom is -0.497 e. The average molecular weight is 530 g/mol. The number of nitrogens with one attached hydrogen (secondary N) is 1. The zero-order chi connectivity index (χ0) is 27.0. The Labute approximate surface area is 214 Å². The standard InChI is InChI=1S/C25H27N3O8S/c1-34-21-9-11-22(12-10-21)36-15-14-26-25(29)19-6-4-18(5-7-19)17-27(37(3,32)33)23-16-20(28(30)31)8-13-24(23)35-2/h4-13,16H,14-15,17H2,1-3H3,(H,26,29). The summed E-state index contributed by atoms with van der Waals surface area (Å²) in [5, 5.41) is 14.0. The van der Waals surface area contributed by atoms with Gasteiger partial charge in [-0.25, -0.2) is 8.42 Å². The van der Waals surface area contributed by atoms with Crippen LogP contribution in [-0.4, -0.2) is 52.9 Å². The van der Waals surface area contributed by atoms with Crippen molar-refractivity contribution in [2.75, 3.05) is 37.9 Å². The minimum absolute atomic E-state index is 0.0397. The summed E-state index contributed by atoms with van der Waals surface area (Å²) in [5.74, 6) is 1.22. The van der Waals surface area contributed by atoms with Crippen LogP contribution in [0.5, 0.6) is 17.2 Å². The highest BCUT2D eigenvalue weighted by Crippen LogP contribution is 2.34. The predicted octanol–water partition coefficient (Wildman–Crippen LogP) is 3.39. The monoisotopic (exact) mass is 529 g/mol. The molecule has 0 heterocycles. The van der Waals surface area contributed by atoms with Crippen LogP contribution in [0.3, 0.4) is 0 Å². The number of rotatable bonds is 12. The van der Waals surface area contributed by atoms with Gasteiger partial charge >= 0.3 is 0 Å². The first kappa shape index (κ1) is 27.3. The Morgan fingerprint density at radius 1 is 0.973 bits per heavy atom. The number of benzene rings is 3. The topological polar surface area (TPSA) is 137 Å². The molecule has 0 aliphatic heterocycles. The third kappa shape index (κ3) is 7.34. The first-order valence-corrected chi connectivity index (χ1v) is 12.9. The van der Waals surface area contributed by atoms with Gasteiger partial charge in [0.05, 0.1) is 38.5 Å². The van der Waals surface area contributed by atoms with Gasteiger partial charge in [-0.05, 0) is 48.0 Å². The summed E-state index contributed by atoms with van der Waals surface area (Å²) in [6.07, 6.45) is 1.00. The number of carbonyl (C=O) groups is 1. The summed E-state index contributed by atoms with van der Waals surface area (Å²) in [5.41, 5.74) is 0.718. The number of amides is 1. The second kappa shape index (κ2) is 12.1. The molecule has 1 N–H and O–H groups in total. The van der Waals surface area contributed by atoms with Crippen molar-refractivity contribution >= 4 is 27.3 Å². The highest BCUT2D eigenvalue weighted by atomic mass is 32.2. The van der Waals surface area contributed by atoms with Gasteiger partial charge in [-0.2, -0.15) is 0 Å². The zero-order valence-electron chi connectivity index (χ0n) is 20.5. The molecule has 0 saturated heterocycles. The molecule has 0 unspecified atom stereocenters. The lowest BCUT2D eigenvalue weighted by atomic mass is 10.1. The fourth-order valence-corrected chi connectivity index (χ4v) is 4.29. The van der Waals surface area contributed by atoms with Crippen molar-refractivity contribution in [1.82, 2.24) is 5.32 Å². The first-order chi connectivity index (χ1) is 17.6. The number of hydrogen-bond donors (Lipinski definition) is 1. The van der Waals surface area contributed by atoms with Crippen LogP contribution in [-0.2, 0) is 16.6 Å². The fourth-order valence-electron chi connectivity index (χ4n) is 3.40. The number of methoxy groups -OCH3 is 2. The third-order valence-electron chi connectivity index (χ3n) is 5.30. The molecule has 1 amide bonds. The number of nitrogens with zero attached hydrogens (tertiary/aromatic N) is 2. The average Bonchev–Trinajstić information content (AvgIpc) is 2.89. The molecule has 0 atom stereocenters. The lowest BCUT2D eigenvalue weighted by molar-refractivity contribution is -0.384. The van der Waals surface area contributed by atoms with E-state index in [1.807, 2.05) is 0 Å². The number of ether oxygens (including phenoxy) is 3. The number of anilines is 1. The van der Waals surface area contributed by atoms with Crippen LogP contribution in [0.25, 0.3) is 0 Å². The number of hydrogen-bond acceptors (Lipinski definition) is 8. The van der Waals surface area contributed by atoms with Gasteiger partial charge in [0.15, 0.2) is 0 Å². The van der Waals surface area contributed by atoms with Crippen LogP contribution >= 0.6 is 0 Å². The molecule has 0 aliphatic rings. The SMILES string of the molecule is COc1ccc(OCCNC(=O)c2ccc(CN(c3cc([N+](=O)[O-])ccc3OC)S(C)(=O)=O)cc2)cc1. The van der Waals surface area contributed by atoms with Crippen LogP contribution in [0.15, 0.2) is 66.7 Å². The fraction of sp³-hybridized carbons (Fsp3) is 0.240. The van der Waals surface area contributed by atoms with Crippen LogP contribution < -0.4 is 23.8 Å². The molecule has 12 heteroatoms. The third-order valence-corrected chi connectivity index (χ3v) is 6.43. The van der Waals surface area contributed by atoms with Gasteiger partial charge in [-0.1, -0.05) is 12.1 Å². The molecule has 11 nitrogen and oxygen atoms in total. The minimum atomic E-state index is -3.83. The summed E-state index contributed by atoms with van der Waals surface area (Å²) in [6, 6.07) is 17.2. The van der Waals surface area contributed by atoms with Gasteiger partial charge in [-0.15, -0.1) is 0 Å². The molecule has 0 aliphatic carbocycles. The van der Waals surface area contributed by atoms with Crippen molar-refractivity contribution in [3.05, 3.63) is 88.0 Å². The molecule has 0 bridgehead atoms. The molecule has 0 saturated carbocycles. The highest BCUT2D eigenvalue weighted by Gasteiger charge is 2.24. The van der Waals surface area contributed by atoms with Gasteiger partial charge in [0.25, 0.3) is 11.6 Å². The normalized spacial score (nSPS) is 10.9. The Bertz CT molecular complexity index is 1340. The maximum absolute atomic E-state index is 12.6. The summed E-state index contributed by atoms with van der Waals surface area (Å²) in [7, 11) is -0.904. The molecular weight excluding hydrogens is 502 g/mol. The van der Waals surface area contributed by atoms with E-state index in [1.165, 1.54) is 19.2 Å². The van der Waals surface area contributed by atoms with E-state index in [-0.39, 0.29) is 42.7 Å². The summed E-state index contributed by atoms with van der Waals surface area (Å²) in [4.78, 5) is 23.1. The Morgan fingerprint density at radius 3 is 2.19 bits per heavy atom. The van der Waals surface area contributed by atoms with E-state index in [0.717, 1.165) is 16.6 Å². The van der Waals surface area contributed by atoms with Crippen molar-refractivity contribution < 1.29 is 32.3 Å². The zero-order valence-corrected chi connectivity index (χ0v) is 21.4. The molecule has 0 fully saturated rings. The van der Waals surface area contributed by atoms with Crippen LogP contribution in [0, 0.1) is 10.1 Å². The van der Waals surface area contributed by atoms with E-state index in [9.17, 15) is 23.3 Å². The Hall–Kier alpha value is -4.32. The van der Waals surface area contributed by atoms with Gasteiger partial charge in [0.2, 0.25) is 10.0 Å². The maximum atomic E-state index is 12.6. The lowest BCUT2D eigenvalue weighted by Crippen LogP contribution is -2.30. The molecule has 0 radical (unpaired) electrons. The predicted molar refractivity (Wildman–Crippen MR) is 138 cm³/mol. The van der Waals surface area contributed by atoms with E-state index in [2.05, 4.69) is 5.32 Å². The number of non-ortho nitro benzene ring substituents is 1. The number of nitro groups is 1. The van der Waals surface area contributed by atoms with Gasteiger partial charge in [0.1, 0.15) is 29.5 Å². The second-order valence-electron chi connectivity index (χ2n) is 7.86. The highest BCUT2D eigenvalue weighted by molar-refractivity contribution is 7.92. The molecule has 0 aromatic heterocycles. The van der Waals surface area contributed by atoms with Crippen molar-refractivity contribution in [1.29, 1.82) is 0 Å². The molecular formula is C25H27N3O8S. The van der Waals surface area contributed by atoms with Crippen molar-refractivity contribution in [3.8, 4) is 17.2 Å². The van der Waals surface area contributed by atoms with Crippen LogP contribution in [0.4, 0.5) is 11.4 Å². The number of nitro benzene ring substituents is 1. The molecule has 3 aromatic carbocycles. The van der Waals surface area contributed by atoms with Gasteiger partial charge in [0, 0.05) is 17.7 Å². The molecule has 3 rings (SSSR count). The Morgan fingerprint density at radius 2 is 1.62 bits per heavy atom. The quantitative estimate of drug-likeness (QED) is 0.214. The van der Waals surface area contributed by atoms with E-state index in [4.69, 9.17) is 14.2 Å². The second-order valence-corrected chi connectivity index (χ2v) is 9.77. The molecule has 37 heavy (non-hydrogen) atoms. The summed E-state index contributed by atoms with van der Waals surface area (Å²) in [6.45, 7) is 0.430. The van der Waals surface area contributed by atoms with E-state index < -0.39 is 14.9 Å². The lowest BCUT2D eigenvalue weighted by Gasteiger charge is -2.24. The molecule has 0 spiro atoms. The largest absolute Gasteiger partial charge is 0.497 e. The van der Waals surface area contributed by atoms with Gasteiger partial charge < -0.3 is 19.5 Å². The van der Waals surface area contributed by atoms with Crippen molar-refractivity contribution in [3.63, 3.8) is 0 Å². The van der Waals surface area contributed by atoms with Crippen LogP contribution in [0.2, 0.25) is 0 Å². The molecule has 3 aromatic rings. The smallest absolute Gasteiger partial charge is 0.271 e. The van der Waals surface area contributed by atoms with Gasteiger partial charge in [-0.3, -0.25) is 19.2 Å². The molecule has 196 valence electrons. The first-order valence-electron chi connectivity index (χ1n) is 11.1. The maximum Gasteiger partial charge on any atom is 0.271 e. The van der Waals surface area contributed by atoms with Crippen molar-refractivity contribution in [2.45, 2.75) is 6.54 Å². The number of sulfonamides is 1. The van der Waals surface area contributed by atoms with E-state index in [1.54, 1.807) is 55.6 Å². The van der Waals surface area contributed by atoms with Crippen LogP contribution in [0.1, 0.15) is 15.9 Å². The summed E-state index contributed by atoms with van der Waals surface area (Å²) >= 11 is 0. The van der Waals surface area contributed by atoms with E-state index >= 15 is 0 Å². The Balaban J connectivity index is 1.65. The Kier molecular flexibility index (Phi) is 8.90.